The van der Waals surface area contributed by atoms with Gasteiger partial charge in [0.05, 0.1) is 11.4 Å². The summed E-state index contributed by atoms with van der Waals surface area (Å²) in [5, 5.41) is 0. The van der Waals surface area contributed by atoms with Gasteiger partial charge in [-0.3, -0.25) is 9.97 Å². The Labute approximate surface area is 388 Å². The lowest BCUT2D eigenvalue weighted by molar-refractivity contribution is 1.22. The number of para-hydroxylation sites is 2. The van der Waals surface area contributed by atoms with E-state index in [2.05, 4.69) is 266 Å². The van der Waals surface area contributed by atoms with E-state index in [9.17, 15) is 0 Å². The van der Waals surface area contributed by atoms with Crippen molar-refractivity contribution in [2.75, 3.05) is 19.6 Å². The zero-order valence-corrected chi connectivity index (χ0v) is 37.6. The Kier molecular flexibility index (Phi) is 11.5. The summed E-state index contributed by atoms with van der Waals surface area (Å²) in [5.41, 5.74) is 18.8. The van der Waals surface area contributed by atoms with Crippen molar-refractivity contribution < 1.29 is 0 Å². The van der Waals surface area contributed by atoms with Gasteiger partial charge in [0.15, 0.2) is 0 Å². The molecule has 0 saturated carbocycles. The molecule has 0 unspecified atom stereocenters. The molecule has 0 fully saturated rings. The molecule has 6 heteroatoms. The number of anilines is 12. The number of aromatic nitrogens is 2. The third-order valence-electron chi connectivity index (χ3n) is 12.0. The van der Waals surface area contributed by atoms with Gasteiger partial charge in [0.2, 0.25) is 0 Å². The predicted molar refractivity (Wildman–Crippen MR) is 277 cm³/mol. The van der Waals surface area contributed by atoms with Crippen LogP contribution in [0.5, 0.6) is 0 Å². The summed E-state index contributed by atoms with van der Waals surface area (Å²) in [7, 11) is 0. The van der Waals surface area contributed by atoms with Gasteiger partial charge in [-0.2, -0.15) is 0 Å². The number of nitrogens with zero attached hydrogens (tertiary/aromatic N) is 6. The molecule has 0 atom stereocenters. The molecule has 1 heterocycles. The van der Waals surface area contributed by atoms with Gasteiger partial charge in [-0.15, -0.1) is 0 Å². The molecule has 0 radical (unpaired) electrons. The first-order valence-electron chi connectivity index (χ1n) is 22.4. The Morgan fingerprint density at radius 2 is 0.439 bits per heavy atom. The van der Waals surface area contributed by atoms with Crippen LogP contribution in [0.3, 0.4) is 0 Å². The lowest BCUT2D eigenvalue weighted by atomic mass is 10.1. The summed E-state index contributed by atoms with van der Waals surface area (Å²) in [6.07, 6.45) is 3.57. The molecule has 66 heavy (non-hydrogen) atoms. The molecule has 0 N–H and O–H groups in total. The number of benzene rings is 9. The van der Waals surface area contributed by atoms with Gasteiger partial charge in [-0.05, 0) is 161 Å². The quantitative estimate of drug-likeness (QED) is 0.122. The molecule has 0 aliphatic carbocycles. The van der Waals surface area contributed by atoms with Crippen LogP contribution < -0.4 is 19.6 Å². The van der Waals surface area contributed by atoms with Crippen LogP contribution in [-0.4, -0.2) is 9.97 Å². The monoisotopic (exact) mass is 854 g/mol. The number of rotatable bonds is 12. The van der Waals surface area contributed by atoms with Gasteiger partial charge >= 0.3 is 0 Å². The standard InChI is InChI=1S/C60H50N6/c1-43-15-23-49(24-16-43)63(50-25-17-44(2)18-26-50)53-31-35-55(36-32-53)65(47-11-7-5-8-12-47)57-39-40-58(60-59(57)61-41-42-62-60)66(48-13-9-6-10-14-48)56-37-33-54(34-38-56)64(51-27-19-45(3)20-28-51)52-29-21-46(4)22-30-52/h5-42H,1-4H3. The van der Waals surface area contributed by atoms with Crippen molar-refractivity contribution >= 4 is 79.3 Å². The molecule has 0 bridgehead atoms. The van der Waals surface area contributed by atoms with E-state index in [1.165, 1.54) is 22.3 Å². The highest BCUT2D eigenvalue weighted by molar-refractivity contribution is 6.03. The minimum atomic E-state index is 0.784. The fourth-order valence-corrected chi connectivity index (χ4v) is 8.57. The van der Waals surface area contributed by atoms with Crippen molar-refractivity contribution in [3.05, 3.63) is 253 Å². The fourth-order valence-electron chi connectivity index (χ4n) is 8.57. The first-order valence-corrected chi connectivity index (χ1v) is 22.4. The predicted octanol–water partition coefficient (Wildman–Crippen LogP) is 16.7. The lowest BCUT2D eigenvalue weighted by Crippen LogP contribution is -2.15. The summed E-state index contributed by atoms with van der Waals surface area (Å²) >= 11 is 0. The van der Waals surface area contributed by atoms with Gasteiger partial charge in [-0.25, -0.2) is 0 Å². The molecule has 320 valence electrons. The van der Waals surface area contributed by atoms with Gasteiger partial charge in [-0.1, -0.05) is 107 Å². The largest absolute Gasteiger partial charge is 0.311 e. The van der Waals surface area contributed by atoms with Crippen molar-refractivity contribution in [3.63, 3.8) is 0 Å². The maximum Gasteiger partial charge on any atom is 0.115 e. The molecule has 0 aliphatic heterocycles. The second kappa shape index (κ2) is 18.3. The number of hydrogen-bond acceptors (Lipinski definition) is 6. The van der Waals surface area contributed by atoms with Crippen molar-refractivity contribution in [1.29, 1.82) is 0 Å². The average Bonchev–Trinajstić information content (AvgIpc) is 3.36. The minimum absolute atomic E-state index is 0.784. The summed E-state index contributed by atoms with van der Waals surface area (Å²) in [6, 6.07) is 77.7. The molecule has 6 nitrogen and oxygen atoms in total. The van der Waals surface area contributed by atoms with Gasteiger partial charge < -0.3 is 19.6 Å². The normalized spacial score (nSPS) is 11.0. The topological polar surface area (TPSA) is 38.7 Å². The summed E-state index contributed by atoms with van der Waals surface area (Å²) in [5.74, 6) is 0. The van der Waals surface area contributed by atoms with E-state index in [-0.39, 0.29) is 0 Å². The molecule has 0 spiro atoms. The number of hydrogen-bond donors (Lipinski definition) is 0. The third-order valence-corrected chi connectivity index (χ3v) is 12.0. The zero-order chi connectivity index (χ0) is 45.0. The second-order valence-corrected chi connectivity index (χ2v) is 16.7. The molecular formula is C60H50N6. The molecule has 9 aromatic carbocycles. The van der Waals surface area contributed by atoms with Crippen molar-refractivity contribution in [2.45, 2.75) is 27.7 Å². The smallest absolute Gasteiger partial charge is 0.115 e. The van der Waals surface area contributed by atoms with Crippen LogP contribution in [0.25, 0.3) is 11.0 Å². The lowest BCUT2D eigenvalue weighted by Gasteiger charge is -2.31. The first-order chi connectivity index (χ1) is 32.4. The Morgan fingerprint density at radius 1 is 0.227 bits per heavy atom. The SMILES string of the molecule is Cc1ccc(N(c2ccc(C)cc2)c2ccc(N(c3ccccc3)c3ccc(N(c4ccccc4)c4ccc(N(c5ccc(C)cc5)c5ccc(C)cc5)cc4)c4nccnc34)cc2)cc1. The van der Waals surface area contributed by atoms with Gasteiger partial charge in [0, 0.05) is 69.3 Å². The van der Waals surface area contributed by atoms with E-state index >= 15 is 0 Å². The summed E-state index contributed by atoms with van der Waals surface area (Å²) < 4.78 is 0. The maximum atomic E-state index is 5.09. The first kappa shape index (κ1) is 41.5. The van der Waals surface area contributed by atoms with Gasteiger partial charge in [0.25, 0.3) is 0 Å². The Balaban J connectivity index is 1.07. The van der Waals surface area contributed by atoms with E-state index in [0.29, 0.717) is 0 Å². The van der Waals surface area contributed by atoms with Crippen LogP contribution in [-0.2, 0) is 0 Å². The van der Waals surface area contributed by atoms with E-state index in [1.807, 2.05) is 0 Å². The van der Waals surface area contributed by atoms with Crippen LogP contribution in [0.1, 0.15) is 22.3 Å². The minimum Gasteiger partial charge on any atom is -0.311 e. The van der Waals surface area contributed by atoms with Crippen molar-refractivity contribution in [1.82, 2.24) is 9.97 Å². The van der Waals surface area contributed by atoms with E-state index in [1.54, 1.807) is 12.4 Å². The van der Waals surface area contributed by atoms with Crippen LogP contribution in [0.15, 0.2) is 231 Å². The molecule has 10 rings (SSSR count). The van der Waals surface area contributed by atoms with E-state index < -0.39 is 0 Å². The van der Waals surface area contributed by atoms with E-state index in [0.717, 1.165) is 79.3 Å². The highest BCUT2D eigenvalue weighted by atomic mass is 15.2. The van der Waals surface area contributed by atoms with Crippen LogP contribution >= 0.6 is 0 Å². The molecule has 0 saturated heterocycles. The average molecular weight is 855 g/mol. The molecule has 0 aliphatic rings. The Morgan fingerprint density at radius 3 is 0.697 bits per heavy atom. The number of fused-ring (bicyclic) bond motifs is 1. The Hall–Kier alpha value is -8.48. The fraction of sp³-hybridized carbons (Fsp3) is 0.0667. The highest BCUT2D eigenvalue weighted by Gasteiger charge is 2.23. The van der Waals surface area contributed by atoms with E-state index in [4.69, 9.17) is 9.97 Å². The van der Waals surface area contributed by atoms with Crippen molar-refractivity contribution in [2.24, 2.45) is 0 Å². The molecule has 1 aromatic heterocycles. The van der Waals surface area contributed by atoms with Crippen LogP contribution in [0.2, 0.25) is 0 Å². The molecule has 0 amide bonds. The zero-order valence-electron chi connectivity index (χ0n) is 37.6. The van der Waals surface area contributed by atoms with Crippen molar-refractivity contribution in [3.8, 4) is 0 Å². The van der Waals surface area contributed by atoms with Gasteiger partial charge in [0.1, 0.15) is 11.0 Å². The summed E-state index contributed by atoms with van der Waals surface area (Å²) in [6.45, 7) is 8.49. The number of aryl methyl sites for hydroxylation is 4. The van der Waals surface area contributed by atoms with Crippen LogP contribution in [0, 0.1) is 27.7 Å². The Bertz CT molecular complexity index is 2880. The van der Waals surface area contributed by atoms with Crippen LogP contribution in [0.4, 0.5) is 68.2 Å². The maximum absolute atomic E-state index is 5.09. The molecular weight excluding hydrogens is 805 g/mol. The third kappa shape index (κ3) is 8.48. The summed E-state index contributed by atoms with van der Waals surface area (Å²) in [4.78, 5) is 19.3. The second-order valence-electron chi connectivity index (χ2n) is 16.7. The highest BCUT2D eigenvalue weighted by Crippen LogP contribution is 2.46. The molecule has 10 aromatic rings.